The van der Waals surface area contributed by atoms with Gasteiger partial charge in [0.25, 0.3) is 0 Å². The van der Waals surface area contributed by atoms with Gasteiger partial charge in [-0.1, -0.05) is 12.1 Å². The van der Waals surface area contributed by atoms with Gasteiger partial charge >= 0.3 is 6.09 Å². The zero-order valence-corrected chi connectivity index (χ0v) is 21.6. The third kappa shape index (κ3) is 8.82. The van der Waals surface area contributed by atoms with Crippen LogP contribution in [-0.4, -0.2) is 79.8 Å². The van der Waals surface area contributed by atoms with Crippen molar-refractivity contribution in [1.29, 1.82) is 0 Å². The molecule has 0 spiro atoms. The van der Waals surface area contributed by atoms with E-state index in [-0.39, 0.29) is 12.0 Å². The van der Waals surface area contributed by atoms with Crippen molar-refractivity contribution in [2.24, 2.45) is 5.92 Å². The maximum atomic E-state index is 12.3. The lowest BCUT2D eigenvalue weighted by molar-refractivity contribution is -0.122. The summed E-state index contributed by atoms with van der Waals surface area (Å²) in [6.45, 7) is 15.3. The Kier molecular flexibility index (Phi) is 9.63. The fourth-order valence-electron chi connectivity index (χ4n) is 4.72. The van der Waals surface area contributed by atoms with E-state index in [1.807, 2.05) is 20.8 Å². The van der Waals surface area contributed by atoms with Gasteiger partial charge in [-0.25, -0.2) is 4.79 Å². The summed E-state index contributed by atoms with van der Waals surface area (Å²) in [5, 5.41) is 3.10. The fourth-order valence-corrected chi connectivity index (χ4v) is 4.72. The summed E-state index contributed by atoms with van der Waals surface area (Å²) in [4.78, 5) is 31.3. The van der Waals surface area contributed by atoms with E-state index in [0.717, 1.165) is 65.0 Å². The number of aryl methyl sites for hydroxylation is 1. The van der Waals surface area contributed by atoms with E-state index in [1.165, 1.54) is 11.3 Å². The molecule has 2 saturated heterocycles. The Balaban J connectivity index is 1.22. The average Bonchev–Trinajstić information content (AvgIpc) is 2.78. The van der Waals surface area contributed by atoms with E-state index < -0.39 is 5.60 Å². The zero-order valence-electron chi connectivity index (χ0n) is 21.6. The lowest BCUT2D eigenvalue weighted by Gasteiger charge is -2.36. The molecule has 0 saturated carbocycles. The van der Waals surface area contributed by atoms with Crippen LogP contribution in [0.5, 0.6) is 0 Å². The van der Waals surface area contributed by atoms with Gasteiger partial charge in [0.1, 0.15) is 5.60 Å². The summed E-state index contributed by atoms with van der Waals surface area (Å²) in [6.07, 6.45) is 4.16. The Bertz CT molecular complexity index is 791. The second-order valence-corrected chi connectivity index (χ2v) is 10.8. The van der Waals surface area contributed by atoms with E-state index >= 15 is 0 Å². The molecule has 0 unspecified atom stereocenters. The predicted octanol–water partition coefficient (Wildman–Crippen LogP) is 4.05. The SMILES string of the molecule is Cc1cccc(N2CCN(CCCCNC(=O)CC3CCN(C(=O)OC(C)(C)C)CC3)CC2)c1. The molecule has 7 nitrogen and oxygen atoms in total. The van der Waals surface area contributed by atoms with Gasteiger partial charge in [0, 0.05) is 57.9 Å². The summed E-state index contributed by atoms with van der Waals surface area (Å²) < 4.78 is 5.44. The summed E-state index contributed by atoms with van der Waals surface area (Å²) in [5.74, 6) is 0.492. The van der Waals surface area contributed by atoms with Crippen LogP contribution in [0.25, 0.3) is 0 Å². The molecule has 2 fully saturated rings. The number of unbranched alkanes of at least 4 members (excludes halogenated alkanes) is 1. The van der Waals surface area contributed by atoms with E-state index in [4.69, 9.17) is 4.74 Å². The smallest absolute Gasteiger partial charge is 0.410 e. The van der Waals surface area contributed by atoms with E-state index in [9.17, 15) is 9.59 Å². The summed E-state index contributed by atoms with van der Waals surface area (Å²) in [5.41, 5.74) is 2.18. The number of nitrogens with zero attached hydrogens (tertiary/aromatic N) is 3. The number of benzene rings is 1. The van der Waals surface area contributed by atoms with Crippen molar-refractivity contribution in [1.82, 2.24) is 15.1 Å². The number of ether oxygens (including phenoxy) is 1. The number of nitrogens with one attached hydrogen (secondary N) is 1. The topological polar surface area (TPSA) is 65.1 Å². The van der Waals surface area contributed by atoms with Crippen molar-refractivity contribution >= 4 is 17.7 Å². The molecule has 0 aromatic heterocycles. The van der Waals surface area contributed by atoms with Crippen molar-refractivity contribution in [2.75, 3.05) is 57.3 Å². The first-order valence-electron chi connectivity index (χ1n) is 13.0. The standard InChI is InChI=1S/C27H44N4O3/c1-22-8-7-9-24(20-22)30-18-16-29(17-19-30)13-6-5-12-28-25(32)21-23-10-14-31(15-11-23)26(33)34-27(2,3)4/h7-9,20,23H,5-6,10-19,21H2,1-4H3,(H,28,32). The highest BCUT2D eigenvalue weighted by molar-refractivity contribution is 5.76. The van der Waals surface area contributed by atoms with Crippen LogP contribution < -0.4 is 10.2 Å². The molecule has 3 rings (SSSR count). The maximum Gasteiger partial charge on any atom is 0.410 e. The largest absolute Gasteiger partial charge is 0.444 e. The molecular weight excluding hydrogens is 428 g/mol. The van der Waals surface area contributed by atoms with Crippen LogP contribution in [-0.2, 0) is 9.53 Å². The van der Waals surface area contributed by atoms with Crippen molar-refractivity contribution in [3.63, 3.8) is 0 Å². The summed E-state index contributed by atoms with van der Waals surface area (Å²) in [6, 6.07) is 8.75. The Morgan fingerprint density at radius 2 is 1.74 bits per heavy atom. The van der Waals surface area contributed by atoms with Crippen molar-refractivity contribution in [3.8, 4) is 0 Å². The summed E-state index contributed by atoms with van der Waals surface area (Å²) >= 11 is 0. The molecule has 1 N–H and O–H groups in total. The zero-order chi connectivity index (χ0) is 24.6. The molecule has 190 valence electrons. The number of carbonyl (C=O) groups is 2. The Morgan fingerprint density at radius 3 is 2.38 bits per heavy atom. The minimum atomic E-state index is -0.469. The lowest BCUT2D eigenvalue weighted by atomic mass is 9.93. The molecule has 1 aromatic carbocycles. The fraction of sp³-hybridized carbons (Fsp3) is 0.704. The van der Waals surface area contributed by atoms with Gasteiger partial charge in [-0.15, -0.1) is 0 Å². The van der Waals surface area contributed by atoms with Crippen LogP contribution in [0.2, 0.25) is 0 Å². The van der Waals surface area contributed by atoms with Crippen LogP contribution >= 0.6 is 0 Å². The number of hydrogen-bond donors (Lipinski definition) is 1. The van der Waals surface area contributed by atoms with Gasteiger partial charge in [0.05, 0.1) is 0 Å². The van der Waals surface area contributed by atoms with Crippen LogP contribution in [0.15, 0.2) is 24.3 Å². The van der Waals surface area contributed by atoms with Crippen molar-refractivity contribution in [3.05, 3.63) is 29.8 Å². The van der Waals surface area contributed by atoms with Crippen molar-refractivity contribution < 1.29 is 14.3 Å². The first-order chi connectivity index (χ1) is 16.2. The highest BCUT2D eigenvalue weighted by atomic mass is 16.6. The quantitative estimate of drug-likeness (QED) is 0.578. The Morgan fingerprint density at radius 1 is 1.03 bits per heavy atom. The maximum absolute atomic E-state index is 12.3. The molecule has 7 heteroatoms. The van der Waals surface area contributed by atoms with Gasteiger partial charge < -0.3 is 19.9 Å². The molecular formula is C27H44N4O3. The van der Waals surface area contributed by atoms with Gasteiger partial charge in [-0.05, 0) is 83.5 Å². The molecule has 0 bridgehead atoms. The number of piperidine rings is 1. The third-order valence-electron chi connectivity index (χ3n) is 6.70. The molecule has 0 radical (unpaired) electrons. The highest BCUT2D eigenvalue weighted by Gasteiger charge is 2.27. The molecule has 0 atom stereocenters. The first kappa shape index (κ1) is 26.3. The minimum Gasteiger partial charge on any atom is -0.444 e. The molecule has 2 aliphatic heterocycles. The number of rotatable bonds is 8. The van der Waals surface area contributed by atoms with Crippen LogP contribution in [0.1, 0.15) is 58.4 Å². The predicted molar refractivity (Wildman–Crippen MR) is 137 cm³/mol. The molecule has 1 aromatic rings. The number of piperazine rings is 1. The Hall–Kier alpha value is -2.28. The Labute approximate surface area is 205 Å². The molecule has 34 heavy (non-hydrogen) atoms. The molecule has 0 aliphatic carbocycles. The molecule has 2 amide bonds. The van der Waals surface area contributed by atoms with E-state index in [0.29, 0.717) is 25.4 Å². The van der Waals surface area contributed by atoms with Crippen molar-refractivity contribution in [2.45, 2.75) is 65.4 Å². The summed E-state index contributed by atoms with van der Waals surface area (Å²) in [7, 11) is 0. The van der Waals surface area contributed by atoms with Gasteiger partial charge in [0.15, 0.2) is 0 Å². The minimum absolute atomic E-state index is 0.141. The van der Waals surface area contributed by atoms with Crippen LogP contribution in [0.4, 0.5) is 10.5 Å². The second-order valence-electron chi connectivity index (χ2n) is 10.8. The van der Waals surface area contributed by atoms with Crippen LogP contribution in [0, 0.1) is 12.8 Å². The first-order valence-corrected chi connectivity index (χ1v) is 13.0. The monoisotopic (exact) mass is 472 g/mol. The molecule has 2 aliphatic rings. The second kappa shape index (κ2) is 12.4. The highest BCUT2D eigenvalue weighted by Crippen LogP contribution is 2.22. The number of hydrogen-bond acceptors (Lipinski definition) is 5. The normalized spacial score (nSPS) is 18.1. The third-order valence-corrected chi connectivity index (χ3v) is 6.70. The molecule has 2 heterocycles. The van der Waals surface area contributed by atoms with Crippen LogP contribution in [0.3, 0.4) is 0 Å². The van der Waals surface area contributed by atoms with E-state index in [1.54, 1.807) is 4.90 Å². The van der Waals surface area contributed by atoms with Gasteiger partial charge in [-0.2, -0.15) is 0 Å². The van der Waals surface area contributed by atoms with Gasteiger partial charge in [0.2, 0.25) is 5.91 Å². The van der Waals surface area contributed by atoms with Gasteiger partial charge in [-0.3, -0.25) is 9.69 Å². The van der Waals surface area contributed by atoms with E-state index in [2.05, 4.69) is 46.3 Å². The lowest BCUT2D eigenvalue weighted by Crippen LogP contribution is -2.46. The number of carbonyl (C=O) groups excluding carboxylic acids is 2. The number of amides is 2. The number of anilines is 1. The average molecular weight is 473 g/mol. The number of likely N-dealkylation sites (tertiary alicyclic amines) is 1.